The van der Waals surface area contributed by atoms with E-state index in [4.69, 9.17) is 0 Å². The molecule has 0 heterocycles. The Labute approximate surface area is 177 Å². The first kappa shape index (κ1) is 20.3. The zero-order valence-electron chi connectivity index (χ0n) is 17.2. The second-order valence-electron chi connectivity index (χ2n) is 8.06. The largest absolute Gasteiger partial charge is 0.352 e. The van der Waals surface area contributed by atoms with Gasteiger partial charge in [0, 0.05) is 6.04 Å². The monoisotopic (exact) mass is 402 g/mol. The molecule has 30 heavy (non-hydrogen) atoms. The smallest absolute Gasteiger partial charge is 0.234 e. The van der Waals surface area contributed by atoms with E-state index in [0.717, 1.165) is 30.4 Å². The molecule has 4 rings (SSSR count). The Balaban J connectivity index is 1.45. The number of rotatable bonds is 6. The molecule has 0 spiro atoms. The third-order valence-electron chi connectivity index (χ3n) is 5.85. The summed E-state index contributed by atoms with van der Waals surface area (Å²) >= 11 is 0. The lowest BCUT2D eigenvalue weighted by Gasteiger charge is -2.30. The van der Waals surface area contributed by atoms with Crippen molar-refractivity contribution in [3.63, 3.8) is 0 Å². The van der Waals surface area contributed by atoms with E-state index in [2.05, 4.69) is 29.6 Å². The highest BCUT2D eigenvalue weighted by Crippen LogP contribution is 2.28. The van der Waals surface area contributed by atoms with Crippen LogP contribution in [0.25, 0.3) is 0 Å². The Morgan fingerprint density at radius 3 is 2.33 bits per heavy atom. The summed E-state index contributed by atoms with van der Waals surface area (Å²) in [5.74, 6) is -0.242. The number of nitrogens with zero attached hydrogens (tertiary/aromatic N) is 1. The summed E-state index contributed by atoms with van der Waals surface area (Å²) in [6.45, 7) is 0.273. The first-order valence-electron chi connectivity index (χ1n) is 10.5. The Morgan fingerprint density at radius 1 is 0.967 bits per heavy atom. The number of halogens is 1. The first-order chi connectivity index (χ1) is 14.6. The van der Waals surface area contributed by atoms with Crippen LogP contribution in [0.5, 0.6) is 0 Å². The van der Waals surface area contributed by atoms with Crippen LogP contribution in [-0.4, -0.2) is 30.4 Å². The lowest BCUT2D eigenvalue weighted by atomic mass is 9.88. The van der Waals surface area contributed by atoms with Crippen LogP contribution in [-0.2, 0) is 17.6 Å². The van der Waals surface area contributed by atoms with Crippen LogP contribution in [0.15, 0.2) is 78.9 Å². The summed E-state index contributed by atoms with van der Waals surface area (Å²) in [5.41, 5.74) is 4.76. The van der Waals surface area contributed by atoms with Gasteiger partial charge in [0.25, 0.3) is 0 Å². The third kappa shape index (κ3) is 4.77. The van der Waals surface area contributed by atoms with Gasteiger partial charge in [-0.15, -0.1) is 0 Å². The maximum atomic E-state index is 13.5. The highest BCUT2D eigenvalue weighted by atomic mass is 19.1. The summed E-state index contributed by atoms with van der Waals surface area (Å²) in [5, 5.41) is 3.22. The van der Waals surface area contributed by atoms with Crippen molar-refractivity contribution in [3.8, 4) is 0 Å². The van der Waals surface area contributed by atoms with Gasteiger partial charge in [-0.25, -0.2) is 4.39 Å². The van der Waals surface area contributed by atoms with Crippen LogP contribution >= 0.6 is 0 Å². The normalized spacial score (nSPS) is 16.7. The molecule has 1 amide bonds. The maximum Gasteiger partial charge on any atom is 0.234 e. The van der Waals surface area contributed by atoms with E-state index in [-0.39, 0.29) is 30.4 Å². The number of carbonyl (C=O) groups excluding carboxylic acids is 1. The van der Waals surface area contributed by atoms with E-state index in [1.54, 1.807) is 12.1 Å². The zero-order chi connectivity index (χ0) is 20.9. The fourth-order valence-corrected chi connectivity index (χ4v) is 4.39. The van der Waals surface area contributed by atoms with Gasteiger partial charge >= 0.3 is 0 Å². The molecule has 0 radical (unpaired) electrons. The van der Waals surface area contributed by atoms with Gasteiger partial charge in [-0.3, -0.25) is 9.69 Å². The Morgan fingerprint density at radius 2 is 1.60 bits per heavy atom. The fourth-order valence-electron chi connectivity index (χ4n) is 4.39. The summed E-state index contributed by atoms with van der Waals surface area (Å²) in [6.07, 6.45) is 2.84. The van der Waals surface area contributed by atoms with Gasteiger partial charge in [-0.1, -0.05) is 66.7 Å². The molecule has 4 heteroatoms. The predicted molar refractivity (Wildman–Crippen MR) is 118 cm³/mol. The second kappa shape index (κ2) is 9.23. The van der Waals surface area contributed by atoms with Crippen LogP contribution in [0.3, 0.4) is 0 Å². The topological polar surface area (TPSA) is 32.3 Å². The number of nitrogens with one attached hydrogen (secondary N) is 1. The highest BCUT2D eigenvalue weighted by molar-refractivity contribution is 5.78. The summed E-state index contributed by atoms with van der Waals surface area (Å²) < 4.78 is 13.5. The number of hydrogen-bond acceptors (Lipinski definition) is 2. The van der Waals surface area contributed by atoms with E-state index in [9.17, 15) is 9.18 Å². The number of aryl methyl sites for hydroxylation is 1. The van der Waals surface area contributed by atoms with Crippen LogP contribution in [0, 0.1) is 5.82 Å². The molecule has 0 aliphatic heterocycles. The van der Waals surface area contributed by atoms with Crippen molar-refractivity contribution in [1.82, 2.24) is 10.2 Å². The molecule has 1 aliphatic carbocycles. The van der Waals surface area contributed by atoms with Gasteiger partial charge in [-0.2, -0.15) is 0 Å². The predicted octanol–water partition coefficient (Wildman–Crippen LogP) is 4.52. The Kier molecular flexibility index (Phi) is 6.24. The minimum atomic E-state index is -0.261. The average molecular weight is 403 g/mol. The summed E-state index contributed by atoms with van der Waals surface area (Å²) in [7, 11) is 1.94. The molecule has 3 aromatic rings. The molecule has 0 saturated heterocycles. The second-order valence-corrected chi connectivity index (χ2v) is 8.06. The van der Waals surface area contributed by atoms with Gasteiger partial charge in [0.2, 0.25) is 5.91 Å². The van der Waals surface area contributed by atoms with Crippen LogP contribution in [0.2, 0.25) is 0 Å². The maximum absolute atomic E-state index is 13.5. The quantitative estimate of drug-likeness (QED) is 0.657. The standard InChI is InChI=1S/C26H27FN2O/c1-29(18-25(30)28-24-16-13-19-7-5-6-10-22(19)17-24)26(20-8-3-2-4-9-20)21-11-14-23(27)15-12-21/h2-12,14-15,24,26H,13,16-18H2,1H3,(H,28,30). The molecule has 0 aromatic heterocycles. The lowest BCUT2D eigenvalue weighted by Crippen LogP contribution is -2.44. The minimum absolute atomic E-state index is 0.0184. The van der Waals surface area contributed by atoms with Crippen LogP contribution in [0.1, 0.15) is 34.7 Å². The van der Waals surface area contributed by atoms with E-state index >= 15 is 0 Å². The number of carbonyl (C=O) groups is 1. The number of fused-ring (bicyclic) bond motifs is 1. The Bertz CT molecular complexity index is 987. The molecule has 0 saturated carbocycles. The van der Waals surface area contributed by atoms with Gasteiger partial charge < -0.3 is 5.32 Å². The minimum Gasteiger partial charge on any atom is -0.352 e. The molecule has 0 bridgehead atoms. The first-order valence-corrected chi connectivity index (χ1v) is 10.5. The lowest BCUT2D eigenvalue weighted by molar-refractivity contribution is -0.123. The van der Waals surface area contributed by atoms with E-state index < -0.39 is 0 Å². The molecular weight excluding hydrogens is 375 g/mol. The zero-order valence-corrected chi connectivity index (χ0v) is 17.2. The van der Waals surface area contributed by atoms with Crippen molar-refractivity contribution in [2.24, 2.45) is 0 Å². The summed E-state index contributed by atoms with van der Waals surface area (Å²) in [4.78, 5) is 14.9. The highest BCUT2D eigenvalue weighted by Gasteiger charge is 2.24. The molecule has 2 atom stereocenters. The van der Waals surface area contributed by atoms with Crippen molar-refractivity contribution in [2.45, 2.75) is 31.3 Å². The van der Waals surface area contributed by atoms with Crippen molar-refractivity contribution < 1.29 is 9.18 Å². The van der Waals surface area contributed by atoms with Crippen molar-refractivity contribution in [2.75, 3.05) is 13.6 Å². The molecule has 3 nitrogen and oxygen atoms in total. The summed E-state index contributed by atoms with van der Waals surface area (Å²) in [6, 6.07) is 25.1. The van der Waals surface area contributed by atoms with Gasteiger partial charge in [-0.05, 0) is 60.7 Å². The SMILES string of the molecule is CN(CC(=O)NC1CCc2ccccc2C1)C(c1ccccc1)c1ccc(F)cc1. The van der Waals surface area contributed by atoms with Crippen molar-refractivity contribution >= 4 is 5.91 Å². The van der Waals surface area contributed by atoms with Crippen molar-refractivity contribution in [1.29, 1.82) is 0 Å². The molecule has 3 aromatic carbocycles. The number of benzene rings is 3. The number of amides is 1. The van der Waals surface area contributed by atoms with Crippen LogP contribution < -0.4 is 5.32 Å². The van der Waals surface area contributed by atoms with Crippen molar-refractivity contribution in [3.05, 3.63) is 107 Å². The van der Waals surface area contributed by atoms with Gasteiger partial charge in [0.1, 0.15) is 5.82 Å². The molecular formula is C26H27FN2O. The van der Waals surface area contributed by atoms with E-state index in [1.165, 1.54) is 23.3 Å². The molecule has 2 unspecified atom stereocenters. The molecule has 0 fully saturated rings. The van der Waals surface area contributed by atoms with E-state index in [1.807, 2.05) is 42.3 Å². The van der Waals surface area contributed by atoms with E-state index in [0.29, 0.717) is 0 Å². The molecule has 1 aliphatic rings. The fraction of sp³-hybridized carbons (Fsp3) is 0.269. The Hall–Kier alpha value is -2.98. The average Bonchev–Trinajstić information content (AvgIpc) is 2.76. The third-order valence-corrected chi connectivity index (χ3v) is 5.85. The number of hydrogen-bond donors (Lipinski definition) is 1. The van der Waals surface area contributed by atoms with Gasteiger partial charge in [0.15, 0.2) is 0 Å². The van der Waals surface area contributed by atoms with Gasteiger partial charge in [0.05, 0.1) is 12.6 Å². The molecule has 154 valence electrons. The van der Waals surface area contributed by atoms with Crippen LogP contribution in [0.4, 0.5) is 4.39 Å². The molecule has 1 N–H and O–H groups in total. The number of likely N-dealkylation sites (N-methyl/N-ethyl adjacent to an activating group) is 1.